The minimum absolute atomic E-state index is 0.00918. The van der Waals surface area contributed by atoms with Crippen LogP contribution in [-0.4, -0.2) is 46.8 Å². The predicted octanol–water partition coefficient (Wildman–Crippen LogP) is 2.73. The Labute approximate surface area is 166 Å². The number of rotatable bonds is 4. The second kappa shape index (κ2) is 6.43. The highest BCUT2D eigenvalue weighted by Gasteiger charge is 2.59. The summed E-state index contributed by atoms with van der Waals surface area (Å²) < 4.78 is 66.3. The summed E-state index contributed by atoms with van der Waals surface area (Å²) in [5, 5.41) is 4.53. The van der Waals surface area contributed by atoms with Crippen LogP contribution >= 0.6 is 0 Å². The third kappa shape index (κ3) is 3.50. The lowest BCUT2D eigenvalue weighted by atomic mass is 10.1. The summed E-state index contributed by atoms with van der Waals surface area (Å²) in [7, 11) is -3.21. The fraction of sp³-hybridized carbons (Fsp3) is 0.556. The second-order valence-corrected chi connectivity index (χ2v) is 10.1. The van der Waals surface area contributed by atoms with Crippen molar-refractivity contribution in [3.8, 4) is 11.3 Å². The Bertz CT molecular complexity index is 1050. The van der Waals surface area contributed by atoms with E-state index in [2.05, 4.69) is 10.1 Å². The van der Waals surface area contributed by atoms with Crippen LogP contribution in [0.15, 0.2) is 18.3 Å². The van der Waals surface area contributed by atoms with E-state index in [0.717, 1.165) is 11.8 Å². The second-order valence-electron chi connectivity index (χ2n) is 8.08. The van der Waals surface area contributed by atoms with Crippen LogP contribution in [0.2, 0.25) is 0 Å². The zero-order valence-electron chi connectivity index (χ0n) is 16.2. The smallest absolute Gasteiger partial charge is 0.383 e. The molecule has 0 radical (unpaired) electrons. The van der Waals surface area contributed by atoms with E-state index >= 15 is 0 Å². The molecular weight excluding hydrogens is 407 g/mol. The van der Waals surface area contributed by atoms with E-state index in [4.69, 9.17) is 5.73 Å². The van der Waals surface area contributed by atoms with Crippen molar-refractivity contribution in [2.75, 3.05) is 25.1 Å². The van der Waals surface area contributed by atoms with Gasteiger partial charge in [0.25, 0.3) is 0 Å². The first-order chi connectivity index (χ1) is 13.4. The monoisotopic (exact) mass is 429 g/mol. The van der Waals surface area contributed by atoms with Gasteiger partial charge >= 0.3 is 6.18 Å². The van der Waals surface area contributed by atoms with Gasteiger partial charge in [-0.15, -0.1) is 0 Å². The van der Waals surface area contributed by atoms with Gasteiger partial charge in [-0.1, -0.05) is 0 Å². The van der Waals surface area contributed by atoms with Crippen LogP contribution in [0.3, 0.4) is 0 Å². The topological polar surface area (TPSA) is 94.1 Å². The average molecular weight is 429 g/mol. The van der Waals surface area contributed by atoms with Crippen molar-refractivity contribution in [1.29, 1.82) is 0 Å². The first-order valence-corrected chi connectivity index (χ1v) is 11.1. The average Bonchev–Trinajstić information content (AvgIpc) is 2.98. The highest BCUT2D eigenvalue weighted by atomic mass is 32.2. The molecule has 29 heavy (non-hydrogen) atoms. The van der Waals surface area contributed by atoms with Crippen molar-refractivity contribution in [3.63, 3.8) is 0 Å². The molecule has 2 aliphatic rings. The standard InChI is InChI=1S/C18H22F3N5O2S/c1-9(2)26-15(16-11-7-25(8-12(11)16)29(3,27)28)5-14(24-26)10-4-13(18(19,20)21)17(22)23-6-10/h4-6,9,11-12,16H,7-8H2,1-3H3,(H2,22,23)/t11-,12+,16-. The van der Waals surface area contributed by atoms with Crippen LogP contribution in [0.4, 0.5) is 19.0 Å². The zero-order valence-corrected chi connectivity index (χ0v) is 17.0. The highest BCUT2D eigenvalue weighted by molar-refractivity contribution is 7.88. The van der Waals surface area contributed by atoms with Gasteiger partial charge in [-0.3, -0.25) is 4.68 Å². The Morgan fingerprint density at radius 1 is 1.21 bits per heavy atom. The molecule has 2 aromatic rings. The summed E-state index contributed by atoms with van der Waals surface area (Å²) in [6.45, 7) is 4.83. The van der Waals surface area contributed by atoms with Gasteiger partial charge in [-0.05, 0) is 37.8 Å². The van der Waals surface area contributed by atoms with Crippen LogP contribution in [0.5, 0.6) is 0 Å². The predicted molar refractivity (Wildman–Crippen MR) is 101 cm³/mol. The summed E-state index contributed by atoms with van der Waals surface area (Å²) in [5.74, 6) is 0.00643. The molecule has 0 aromatic carbocycles. The van der Waals surface area contributed by atoms with Gasteiger partial charge in [0.1, 0.15) is 5.82 Å². The number of anilines is 1. The first-order valence-electron chi connectivity index (χ1n) is 9.25. The van der Waals surface area contributed by atoms with E-state index < -0.39 is 27.6 Å². The maximum Gasteiger partial charge on any atom is 0.419 e. The molecule has 1 saturated heterocycles. The Morgan fingerprint density at radius 3 is 2.34 bits per heavy atom. The number of piperidine rings is 1. The van der Waals surface area contributed by atoms with Crippen LogP contribution in [0, 0.1) is 11.8 Å². The molecule has 0 bridgehead atoms. The molecule has 1 aliphatic carbocycles. The van der Waals surface area contributed by atoms with Crippen LogP contribution in [0.1, 0.15) is 37.1 Å². The number of nitrogens with two attached hydrogens (primary N) is 1. The summed E-state index contributed by atoms with van der Waals surface area (Å²) in [6.07, 6.45) is -2.10. The third-order valence-electron chi connectivity index (χ3n) is 5.74. The molecule has 3 atom stereocenters. The van der Waals surface area contributed by atoms with Crippen LogP contribution in [0.25, 0.3) is 11.3 Å². The fourth-order valence-electron chi connectivity index (χ4n) is 4.25. The van der Waals surface area contributed by atoms with E-state index in [1.807, 2.05) is 18.5 Å². The molecule has 2 fully saturated rings. The number of fused-ring (bicyclic) bond motifs is 1. The number of nitrogens with zero attached hydrogens (tertiary/aromatic N) is 4. The van der Waals surface area contributed by atoms with Crippen molar-refractivity contribution in [2.24, 2.45) is 11.8 Å². The summed E-state index contributed by atoms with van der Waals surface area (Å²) in [5.41, 5.74) is 5.98. The Balaban J connectivity index is 1.67. The molecule has 158 valence electrons. The lowest BCUT2D eigenvalue weighted by Gasteiger charge is -2.18. The largest absolute Gasteiger partial charge is 0.419 e. The number of halogens is 3. The molecule has 1 aliphatic heterocycles. The Hall–Kier alpha value is -2.14. The van der Waals surface area contributed by atoms with Gasteiger partial charge in [0, 0.05) is 42.5 Å². The van der Waals surface area contributed by atoms with Crippen molar-refractivity contribution >= 4 is 15.8 Å². The minimum Gasteiger partial charge on any atom is -0.383 e. The first kappa shape index (κ1) is 20.1. The van der Waals surface area contributed by atoms with E-state index in [0.29, 0.717) is 18.8 Å². The van der Waals surface area contributed by atoms with E-state index in [1.54, 1.807) is 6.07 Å². The number of sulfonamides is 1. The van der Waals surface area contributed by atoms with Crippen LogP contribution in [-0.2, 0) is 16.2 Å². The van der Waals surface area contributed by atoms with Gasteiger partial charge in [0.2, 0.25) is 10.0 Å². The molecular formula is C18H22F3N5O2S. The van der Waals surface area contributed by atoms with Gasteiger partial charge in [0.05, 0.1) is 17.5 Å². The number of hydrogen-bond donors (Lipinski definition) is 1. The summed E-state index contributed by atoms with van der Waals surface area (Å²) >= 11 is 0. The zero-order chi connectivity index (χ0) is 21.3. The van der Waals surface area contributed by atoms with E-state index in [-0.39, 0.29) is 29.4 Å². The van der Waals surface area contributed by atoms with Gasteiger partial charge < -0.3 is 5.73 Å². The number of aromatic nitrogens is 3. The van der Waals surface area contributed by atoms with Crippen molar-refractivity contribution < 1.29 is 21.6 Å². The normalized spacial score (nSPS) is 24.9. The molecule has 11 heteroatoms. The summed E-state index contributed by atoms with van der Waals surface area (Å²) in [4.78, 5) is 3.70. The molecule has 0 amide bonds. The lowest BCUT2D eigenvalue weighted by molar-refractivity contribution is -0.137. The fourth-order valence-corrected chi connectivity index (χ4v) is 5.14. The maximum absolute atomic E-state index is 13.2. The van der Waals surface area contributed by atoms with Crippen molar-refractivity contribution in [1.82, 2.24) is 19.1 Å². The highest BCUT2D eigenvalue weighted by Crippen LogP contribution is 2.59. The number of hydrogen-bond acceptors (Lipinski definition) is 5. The molecule has 2 aromatic heterocycles. The SMILES string of the molecule is CC(C)n1nc(-c2cnc(N)c(C(F)(F)F)c2)cc1[C@@H]1[C@@H]2CN(S(C)(=O)=O)C[C@@H]21. The molecule has 3 heterocycles. The number of pyridine rings is 1. The van der Waals surface area contributed by atoms with Crippen molar-refractivity contribution in [2.45, 2.75) is 32.0 Å². The summed E-state index contributed by atoms with van der Waals surface area (Å²) in [6, 6.07) is 2.77. The molecule has 7 nitrogen and oxygen atoms in total. The van der Waals surface area contributed by atoms with Gasteiger partial charge in [0.15, 0.2) is 0 Å². The quantitative estimate of drug-likeness (QED) is 0.807. The molecule has 0 unspecified atom stereocenters. The van der Waals surface area contributed by atoms with E-state index in [9.17, 15) is 21.6 Å². The van der Waals surface area contributed by atoms with Crippen LogP contribution < -0.4 is 5.73 Å². The number of nitrogen functional groups attached to an aromatic ring is 1. The lowest BCUT2D eigenvalue weighted by Crippen LogP contribution is -2.30. The van der Waals surface area contributed by atoms with Crippen molar-refractivity contribution in [3.05, 3.63) is 29.6 Å². The van der Waals surface area contributed by atoms with E-state index in [1.165, 1.54) is 16.8 Å². The molecule has 0 spiro atoms. The van der Waals surface area contributed by atoms with Gasteiger partial charge in [-0.2, -0.15) is 18.3 Å². The molecule has 2 N–H and O–H groups in total. The minimum atomic E-state index is -4.60. The third-order valence-corrected chi connectivity index (χ3v) is 6.98. The molecule has 4 rings (SSSR count). The Kier molecular flexibility index (Phi) is 4.47. The number of alkyl halides is 3. The maximum atomic E-state index is 13.2. The Morgan fingerprint density at radius 2 is 1.83 bits per heavy atom. The molecule has 1 saturated carbocycles. The van der Waals surface area contributed by atoms with Gasteiger partial charge in [-0.25, -0.2) is 17.7 Å².